The van der Waals surface area contributed by atoms with Crippen molar-refractivity contribution in [2.75, 3.05) is 5.01 Å². The molecule has 1 N–H and O–H groups in total. The van der Waals surface area contributed by atoms with Gasteiger partial charge in [-0.2, -0.15) is 19.9 Å². The highest BCUT2D eigenvalue weighted by Gasteiger charge is 2.18. The zero-order valence-corrected chi connectivity index (χ0v) is 15.8. The van der Waals surface area contributed by atoms with Crippen molar-refractivity contribution in [3.8, 4) is 16.9 Å². The van der Waals surface area contributed by atoms with Gasteiger partial charge in [-0.1, -0.05) is 29.8 Å². The summed E-state index contributed by atoms with van der Waals surface area (Å²) in [5.74, 6) is 0.622. The van der Waals surface area contributed by atoms with Crippen LogP contribution in [0.4, 0.5) is 11.6 Å². The Kier molecular flexibility index (Phi) is 4.14. The fraction of sp³-hybridized carbons (Fsp3) is 0. The second-order valence-electron chi connectivity index (χ2n) is 6.37. The number of phenolic OH excluding ortho intramolecular Hbond substituents is 1. The Morgan fingerprint density at radius 1 is 0.966 bits per heavy atom. The molecule has 0 aliphatic rings. The molecule has 5 rings (SSSR count). The Bertz CT molecular complexity index is 1280. The maximum absolute atomic E-state index is 9.81. The number of pyridine rings is 1. The van der Waals surface area contributed by atoms with Crippen LogP contribution < -0.4 is 5.01 Å². The van der Waals surface area contributed by atoms with Crippen LogP contribution in [0.1, 0.15) is 0 Å². The first-order valence-corrected chi connectivity index (χ1v) is 9.27. The number of rotatable bonds is 4. The third-order valence-electron chi connectivity index (χ3n) is 4.47. The van der Waals surface area contributed by atoms with Crippen molar-refractivity contribution in [3.05, 3.63) is 90.3 Å². The fourth-order valence-corrected chi connectivity index (χ4v) is 3.36. The summed E-state index contributed by atoms with van der Waals surface area (Å²) in [5.41, 5.74) is 3.09. The zero-order valence-electron chi connectivity index (χ0n) is 15.1. The number of anilines is 2. The van der Waals surface area contributed by atoms with Crippen molar-refractivity contribution in [2.24, 2.45) is 0 Å². The average Bonchev–Trinajstić information content (AvgIpc) is 3.40. The molecule has 0 saturated carbocycles. The summed E-state index contributed by atoms with van der Waals surface area (Å²) in [5, 5.41) is 21.2. The monoisotopic (exact) mass is 402 g/mol. The molecule has 8 heteroatoms. The minimum Gasteiger partial charge on any atom is -0.508 e. The topological polar surface area (TPSA) is 71.5 Å². The van der Waals surface area contributed by atoms with E-state index in [4.69, 9.17) is 11.6 Å². The van der Waals surface area contributed by atoms with Crippen molar-refractivity contribution < 1.29 is 5.11 Å². The van der Waals surface area contributed by atoms with Crippen LogP contribution in [0.25, 0.3) is 16.8 Å². The Balaban J connectivity index is 1.63. The summed E-state index contributed by atoms with van der Waals surface area (Å²) in [7, 11) is 0. The lowest BCUT2D eigenvalue weighted by Gasteiger charge is -2.20. The van der Waals surface area contributed by atoms with E-state index >= 15 is 0 Å². The van der Waals surface area contributed by atoms with Crippen molar-refractivity contribution in [2.45, 2.75) is 0 Å². The molecule has 0 fully saturated rings. The quantitative estimate of drug-likeness (QED) is 0.477. The number of fused-ring (bicyclic) bond motifs is 1. The molecular formula is C21H15ClN6O. The van der Waals surface area contributed by atoms with E-state index in [1.54, 1.807) is 33.7 Å². The SMILES string of the molecule is Oc1ccc(Cl)c(-c2ccc3nc(N(c4ccccc4)n4cccn4)nn3c2)c1. The second-order valence-corrected chi connectivity index (χ2v) is 6.78. The summed E-state index contributed by atoms with van der Waals surface area (Å²) in [6.45, 7) is 0. The molecule has 0 unspecified atom stereocenters. The smallest absolute Gasteiger partial charge is 0.270 e. The van der Waals surface area contributed by atoms with Crippen molar-refractivity contribution in [3.63, 3.8) is 0 Å². The van der Waals surface area contributed by atoms with Gasteiger partial charge in [-0.05, 0) is 48.5 Å². The molecule has 0 aliphatic heterocycles. The molecule has 3 heterocycles. The number of hydrogen-bond acceptors (Lipinski definition) is 5. The van der Waals surface area contributed by atoms with Gasteiger partial charge in [-0.25, -0.2) is 4.52 Å². The number of nitrogens with zero attached hydrogens (tertiary/aromatic N) is 6. The Morgan fingerprint density at radius 2 is 1.83 bits per heavy atom. The zero-order chi connectivity index (χ0) is 19.8. The van der Waals surface area contributed by atoms with E-state index in [2.05, 4.69) is 15.2 Å². The Morgan fingerprint density at radius 3 is 2.62 bits per heavy atom. The van der Waals surface area contributed by atoms with E-state index in [0.717, 1.165) is 16.8 Å². The molecule has 5 aromatic rings. The van der Waals surface area contributed by atoms with Crippen molar-refractivity contribution in [1.29, 1.82) is 0 Å². The number of halogens is 1. The normalized spacial score (nSPS) is 11.1. The van der Waals surface area contributed by atoms with Crippen molar-refractivity contribution in [1.82, 2.24) is 24.5 Å². The van der Waals surface area contributed by atoms with Gasteiger partial charge >= 0.3 is 0 Å². The molecule has 0 atom stereocenters. The van der Waals surface area contributed by atoms with Gasteiger partial charge in [0.25, 0.3) is 5.95 Å². The van der Waals surface area contributed by atoms with E-state index in [1.807, 2.05) is 65.9 Å². The number of phenols is 1. The number of aromatic nitrogens is 5. The molecule has 0 amide bonds. The first-order valence-electron chi connectivity index (χ1n) is 8.89. The van der Waals surface area contributed by atoms with Crippen LogP contribution in [0.5, 0.6) is 5.75 Å². The summed E-state index contributed by atoms with van der Waals surface area (Å²) in [6, 6.07) is 20.2. The molecule has 0 aliphatic carbocycles. The first kappa shape index (κ1) is 17.3. The Hall–Kier alpha value is -3.84. The number of para-hydroxylation sites is 1. The summed E-state index contributed by atoms with van der Waals surface area (Å²) in [4.78, 5) is 6.33. The van der Waals surface area contributed by atoms with Crippen LogP contribution in [0, 0.1) is 0 Å². The van der Waals surface area contributed by atoms with Crippen LogP contribution in [0.2, 0.25) is 5.02 Å². The predicted octanol–water partition coefficient (Wildman–Crippen LogP) is 4.55. The highest BCUT2D eigenvalue weighted by Crippen LogP contribution is 2.31. The van der Waals surface area contributed by atoms with Crippen LogP contribution in [-0.4, -0.2) is 29.6 Å². The van der Waals surface area contributed by atoms with E-state index in [9.17, 15) is 5.11 Å². The molecule has 2 aromatic carbocycles. The molecule has 7 nitrogen and oxygen atoms in total. The van der Waals surface area contributed by atoms with Crippen molar-refractivity contribution >= 4 is 28.9 Å². The Labute approximate surface area is 171 Å². The maximum Gasteiger partial charge on any atom is 0.270 e. The highest BCUT2D eigenvalue weighted by molar-refractivity contribution is 6.33. The maximum atomic E-state index is 9.81. The van der Waals surface area contributed by atoms with Gasteiger partial charge in [0.2, 0.25) is 0 Å². The van der Waals surface area contributed by atoms with E-state index in [1.165, 1.54) is 0 Å². The standard InChI is InChI=1S/C21H15ClN6O/c22-19-9-8-17(29)13-18(19)15-7-10-20-24-21(25-26(20)14-15)28(27-12-4-11-23-27)16-5-2-1-3-6-16/h1-14,29H. The molecule has 29 heavy (non-hydrogen) atoms. The second kappa shape index (κ2) is 6.96. The fourth-order valence-electron chi connectivity index (χ4n) is 3.13. The van der Waals surface area contributed by atoms with Gasteiger partial charge in [-0.15, -0.1) is 5.10 Å². The predicted molar refractivity (Wildman–Crippen MR) is 111 cm³/mol. The molecule has 0 spiro atoms. The molecule has 0 bridgehead atoms. The third kappa shape index (κ3) is 3.17. The molecule has 0 saturated heterocycles. The average molecular weight is 403 g/mol. The molecule has 0 radical (unpaired) electrons. The highest BCUT2D eigenvalue weighted by atomic mass is 35.5. The van der Waals surface area contributed by atoms with Crippen LogP contribution in [0.3, 0.4) is 0 Å². The van der Waals surface area contributed by atoms with Gasteiger partial charge in [-0.3, -0.25) is 0 Å². The van der Waals surface area contributed by atoms with E-state index < -0.39 is 0 Å². The molecular weight excluding hydrogens is 388 g/mol. The van der Waals surface area contributed by atoms with Gasteiger partial charge in [0.1, 0.15) is 5.75 Å². The lowest BCUT2D eigenvalue weighted by molar-refractivity contribution is 0.475. The van der Waals surface area contributed by atoms with E-state index in [-0.39, 0.29) is 5.75 Å². The summed E-state index contributed by atoms with van der Waals surface area (Å²) < 4.78 is 1.69. The van der Waals surface area contributed by atoms with Crippen LogP contribution >= 0.6 is 11.6 Å². The molecule has 3 aromatic heterocycles. The summed E-state index contributed by atoms with van der Waals surface area (Å²) >= 11 is 6.31. The van der Waals surface area contributed by atoms with Gasteiger partial charge < -0.3 is 5.11 Å². The number of aromatic hydroxyl groups is 1. The van der Waals surface area contributed by atoms with Crippen LogP contribution in [0.15, 0.2) is 85.3 Å². The number of hydrogen-bond donors (Lipinski definition) is 1. The number of benzene rings is 2. The minimum atomic E-state index is 0.151. The lowest BCUT2D eigenvalue weighted by atomic mass is 10.1. The van der Waals surface area contributed by atoms with Crippen LogP contribution in [-0.2, 0) is 0 Å². The largest absolute Gasteiger partial charge is 0.508 e. The third-order valence-corrected chi connectivity index (χ3v) is 4.80. The molecule has 142 valence electrons. The summed E-state index contributed by atoms with van der Waals surface area (Å²) in [6.07, 6.45) is 5.36. The minimum absolute atomic E-state index is 0.151. The van der Waals surface area contributed by atoms with Gasteiger partial charge in [0.15, 0.2) is 5.65 Å². The van der Waals surface area contributed by atoms with Gasteiger partial charge in [0.05, 0.1) is 11.9 Å². The van der Waals surface area contributed by atoms with E-state index in [0.29, 0.717) is 16.6 Å². The van der Waals surface area contributed by atoms with Gasteiger partial charge in [0, 0.05) is 28.5 Å². The lowest BCUT2D eigenvalue weighted by Crippen LogP contribution is -2.25. The first-order chi connectivity index (χ1) is 14.2.